The molecule has 0 amide bonds. The van der Waals surface area contributed by atoms with Gasteiger partial charge in [0, 0.05) is 19.1 Å². The van der Waals surface area contributed by atoms with Gasteiger partial charge in [0.2, 0.25) is 0 Å². The second kappa shape index (κ2) is 6.62. The molecule has 1 fully saturated rings. The van der Waals surface area contributed by atoms with Gasteiger partial charge in [-0.05, 0) is 48.6 Å². The zero-order valence-corrected chi connectivity index (χ0v) is 12.7. The lowest BCUT2D eigenvalue weighted by Gasteiger charge is -2.38. The van der Waals surface area contributed by atoms with Crippen LogP contribution < -0.4 is 10.6 Å². The van der Waals surface area contributed by atoms with E-state index in [4.69, 9.17) is 5.73 Å². The van der Waals surface area contributed by atoms with Crippen molar-refractivity contribution in [2.24, 2.45) is 11.7 Å². The lowest BCUT2D eigenvalue weighted by atomic mass is 9.88. The van der Waals surface area contributed by atoms with E-state index in [0.717, 1.165) is 18.1 Å². The number of hydrogen-bond acceptors (Lipinski definition) is 2. The largest absolute Gasteiger partial charge is 0.367 e. The maximum Gasteiger partial charge on any atom is 0.182 e. The van der Waals surface area contributed by atoms with Crippen molar-refractivity contribution in [1.82, 2.24) is 0 Å². The van der Waals surface area contributed by atoms with E-state index in [1.807, 2.05) is 6.07 Å². The third-order valence-corrected chi connectivity index (χ3v) is 4.25. The average Bonchev–Trinajstić information content (AvgIpc) is 2.49. The fraction of sp³-hybridized carbons (Fsp3) is 0.333. The van der Waals surface area contributed by atoms with Crippen LogP contribution in [-0.4, -0.2) is 19.1 Å². The summed E-state index contributed by atoms with van der Waals surface area (Å²) >= 11 is 0. The van der Waals surface area contributed by atoms with E-state index in [0.29, 0.717) is 19.5 Å². The molecule has 2 nitrogen and oxygen atoms in total. The number of anilines is 1. The summed E-state index contributed by atoms with van der Waals surface area (Å²) in [6.45, 7) is 1.06. The van der Waals surface area contributed by atoms with Crippen LogP contribution in [0.4, 0.5) is 18.9 Å². The van der Waals surface area contributed by atoms with E-state index in [2.05, 4.69) is 0 Å². The standard InChI is InChI=1S/C18H19F3N2/c19-14-4-1-3-12(8-14)7-13-9-15(22)11-23(10-13)17-6-2-5-16(20)18(17)21/h1-6,8,13,15H,7,9-11,22H2. The summed E-state index contributed by atoms with van der Waals surface area (Å²) in [6.07, 6.45) is 1.45. The molecule has 5 heteroatoms. The molecule has 1 aliphatic rings. The second-order valence-electron chi connectivity index (χ2n) is 6.17. The van der Waals surface area contributed by atoms with Gasteiger partial charge in [0.05, 0.1) is 5.69 Å². The van der Waals surface area contributed by atoms with Crippen LogP contribution in [0.25, 0.3) is 0 Å². The minimum atomic E-state index is -0.858. The van der Waals surface area contributed by atoms with Gasteiger partial charge in [-0.15, -0.1) is 0 Å². The molecule has 0 saturated carbocycles. The Kier molecular flexibility index (Phi) is 4.57. The lowest BCUT2D eigenvalue weighted by molar-refractivity contribution is 0.370. The summed E-state index contributed by atoms with van der Waals surface area (Å²) < 4.78 is 40.8. The van der Waals surface area contributed by atoms with Crippen molar-refractivity contribution in [3.63, 3.8) is 0 Å². The predicted molar refractivity (Wildman–Crippen MR) is 84.8 cm³/mol. The highest BCUT2D eigenvalue weighted by Gasteiger charge is 2.27. The molecule has 0 spiro atoms. The fourth-order valence-corrected chi connectivity index (χ4v) is 3.33. The molecule has 2 aromatic rings. The van der Waals surface area contributed by atoms with Crippen molar-refractivity contribution in [3.05, 3.63) is 65.5 Å². The zero-order chi connectivity index (χ0) is 16.4. The number of rotatable bonds is 3. The van der Waals surface area contributed by atoms with E-state index in [1.165, 1.54) is 18.2 Å². The third kappa shape index (κ3) is 3.67. The van der Waals surface area contributed by atoms with Crippen LogP contribution in [0.5, 0.6) is 0 Å². The third-order valence-electron chi connectivity index (χ3n) is 4.25. The van der Waals surface area contributed by atoms with Crippen LogP contribution in [0.2, 0.25) is 0 Å². The second-order valence-corrected chi connectivity index (χ2v) is 6.17. The zero-order valence-electron chi connectivity index (χ0n) is 12.7. The minimum Gasteiger partial charge on any atom is -0.367 e. The smallest absolute Gasteiger partial charge is 0.182 e. The van der Waals surface area contributed by atoms with E-state index >= 15 is 0 Å². The van der Waals surface area contributed by atoms with Gasteiger partial charge in [-0.25, -0.2) is 13.2 Å². The molecule has 1 heterocycles. The number of piperidine rings is 1. The summed E-state index contributed by atoms with van der Waals surface area (Å²) in [4.78, 5) is 1.79. The van der Waals surface area contributed by atoms with Gasteiger partial charge in [-0.3, -0.25) is 0 Å². The Morgan fingerprint density at radius 3 is 2.61 bits per heavy atom. The first-order valence-corrected chi connectivity index (χ1v) is 7.72. The lowest BCUT2D eigenvalue weighted by Crippen LogP contribution is -2.48. The molecule has 0 aliphatic carbocycles. The quantitative estimate of drug-likeness (QED) is 0.938. The maximum absolute atomic E-state index is 14.0. The minimum absolute atomic E-state index is 0.120. The number of halogens is 3. The molecule has 1 saturated heterocycles. The van der Waals surface area contributed by atoms with Crippen LogP contribution in [0.3, 0.4) is 0 Å². The first kappa shape index (κ1) is 15.9. The van der Waals surface area contributed by atoms with Crippen molar-refractivity contribution in [2.75, 3.05) is 18.0 Å². The summed E-state index contributed by atoms with van der Waals surface area (Å²) in [5.74, 6) is -1.80. The Hall–Kier alpha value is -2.01. The molecule has 2 atom stereocenters. The van der Waals surface area contributed by atoms with Gasteiger partial charge in [0.15, 0.2) is 11.6 Å². The molecular weight excluding hydrogens is 301 g/mol. The van der Waals surface area contributed by atoms with Crippen molar-refractivity contribution in [2.45, 2.75) is 18.9 Å². The SMILES string of the molecule is NC1CC(Cc2cccc(F)c2)CN(c2cccc(F)c2F)C1. The highest BCUT2D eigenvalue weighted by atomic mass is 19.2. The van der Waals surface area contributed by atoms with Gasteiger partial charge in [0.1, 0.15) is 5.82 Å². The molecule has 3 rings (SSSR count). The van der Waals surface area contributed by atoms with Crippen molar-refractivity contribution < 1.29 is 13.2 Å². The van der Waals surface area contributed by atoms with Gasteiger partial charge in [-0.2, -0.15) is 0 Å². The number of nitrogens with zero attached hydrogens (tertiary/aromatic N) is 1. The Balaban J connectivity index is 1.78. The summed E-state index contributed by atoms with van der Waals surface area (Å²) in [5.41, 5.74) is 7.23. The molecule has 2 aromatic carbocycles. The van der Waals surface area contributed by atoms with Crippen LogP contribution >= 0.6 is 0 Å². The monoisotopic (exact) mass is 320 g/mol. The molecule has 0 radical (unpaired) electrons. The van der Waals surface area contributed by atoms with Crippen molar-refractivity contribution >= 4 is 5.69 Å². The van der Waals surface area contributed by atoms with E-state index in [9.17, 15) is 13.2 Å². The Morgan fingerprint density at radius 1 is 1.04 bits per heavy atom. The van der Waals surface area contributed by atoms with Crippen LogP contribution in [0, 0.1) is 23.4 Å². The molecule has 2 N–H and O–H groups in total. The fourth-order valence-electron chi connectivity index (χ4n) is 3.33. The Morgan fingerprint density at radius 2 is 1.83 bits per heavy atom. The van der Waals surface area contributed by atoms with Gasteiger partial charge in [0.25, 0.3) is 0 Å². The van der Waals surface area contributed by atoms with Crippen molar-refractivity contribution in [3.8, 4) is 0 Å². The Labute approximate surface area is 133 Å². The number of nitrogens with two attached hydrogens (primary N) is 1. The van der Waals surface area contributed by atoms with Gasteiger partial charge < -0.3 is 10.6 Å². The van der Waals surface area contributed by atoms with Gasteiger partial charge >= 0.3 is 0 Å². The van der Waals surface area contributed by atoms with E-state index < -0.39 is 11.6 Å². The highest BCUT2D eigenvalue weighted by molar-refractivity contribution is 5.49. The van der Waals surface area contributed by atoms with E-state index in [1.54, 1.807) is 17.0 Å². The molecular formula is C18H19F3N2. The molecule has 1 aliphatic heterocycles. The van der Waals surface area contributed by atoms with Crippen LogP contribution in [0.15, 0.2) is 42.5 Å². The summed E-state index contributed by atoms with van der Waals surface area (Å²) in [6, 6.07) is 10.5. The van der Waals surface area contributed by atoms with Gasteiger partial charge in [-0.1, -0.05) is 18.2 Å². The maximum atomic E-state index is 14.0. The summed E-state index contributed by atoms with van der Waals surface area (Å²) in [7, 11) is 0. The van der Waals surface area contributed by atoms with E-state index in [-0.39, 0.29) is 23.5 Å². The topological polar surface area (TPSA) is 29.3 Å². The number of hydrogen-bond donors (Lipinski definition) is 1. The van der Waals surface area contributed by atoms with Crippen molar-refractivity contribution in [1.29, 1.82) is 0 Å². The molecule has 0 bridgehead atoms. The average molecular weight is 320 g/mol. The molecule has 2 unspecified atom stereocenters. The van der Waals surface area contributed by atoms with Crippen LogP contribution in [-0.2, 0) is 6.42 Å². The van der Waals surface area contributed by atoms with Crippen LogP contribution in [0.1, 0.15) is 12.0 Å². The normalized spacial score (nSPS) is 21.5. The summed E-state index contributed by atoms with van der Waals surface area (Å²) in [5, 5.41) is 0. The first-order chi connectivity index (χ1) is 11.0. The predicted octanol–water partition coefficient (Wildman–Crippen LogP) is 3.50. The first-order valence-electron chi connectivity index (χ1n) is 7.72. The molecule has 23 heavy (non-hydrogen) atoms. The molecule has 122 valence electrons. The number of benzene rings is 2. The Bertz CT molecular complexity index is 690. The molecule has 0 aromatic heterocycles. The highest BCUT2D eigenvalue weighted by Crippen LogP contribution is 2.28.